The Bertz CT molecular complexity index is 2830. The number of rotatable bonds is 1. The summed E-state index contributed by atoms with van der Waals surface area (Å²) in [6.07, 6.45) is 7.24. The number of fused-ring (bicyclic) bond motifs is 17. The summed E-state index contributed by atoms with van der Waals surface area (Å²) in [7, 11) is 0. The molecule has 0 bridgehead atoms. The third kappa shape index (κ3) is 3.39. The first-order chi connectivity index (χ1) is 23.8. The van der Waals surface area contributed by atoms with Crippen LogP contribution < -0.4 is 4.57 Å². The molecule has 0 N–H and O–H groups in total. The quantitative estimate of drug-likeness (QED) is 0.169. The van der Waals surface area contributed by atoms with E-state index in [1.807, 2.05) is 6.08 Å². The maximum atomic E-state index is 6.53. The van der Waals surface area contributed by atoms with Gasteiger partial charge in [-0.05, 0) is 72.5 Å². The lowest BCUT2D eigenvalue weighted by Gasteiger charge is -2.31. The number of hydrogen-bond acceptors (Lipinski definition) is 2. The van der Waals surface area contributed by atoms with Gasteiger partial charge in [0.25, 0.3) is 0 Å². The molecule has 0 fully saturated rings. The summed E-state index contributed by atoms with van der Waals surface area (Å²) < 4.78 is 11.6. The van der Waals surface area contributed by atoms with Crippen molar-refractivity contribution >= 4 is 65.7 Å². The normalized spacial score (nSPS) is 19.0. The molecule has 2 aliphatic rings. The fourth-order valence-corrected chi connectivity index (χ4v) is 9.31. The number of para-hydroxylation sites is 2. The van der Waals surface area contributed by atoms with Gasteiger partial charge in [-0.1, -0.05) is 61.2 Å². The van der Waals surface area contributed by atoms with Gasteiger partial charge in [0, 0.05) is 74.5 Å². The van der Waals surface area contributed by atoms with E-state index in [0.717, 1.165) is 42.7 Å². The average Bonchev–Trinajstić information content (AvgIpc) is 3.78. The van der Waals surface area contributed by atoms with Crippen molar-refractivity contribution in [2.24, 2.45) is 4.99 Å². The Morgan fingerprint density at radius 3 is 2.50 bits per heavy atom. The van der Waals surface area contributed by atoms with E-state index in [4.69, 9.17) is 9.41 Å². The van der Waals surface area contributed by atoms with Gasteiger partial charge in [-0.15, -0.1) is 0 Å². The SMILES string of the molecule is C=C/C1=N/CCC2C(CCc3cc4c(cc31)c1cc3oc5ccccc5c3c3c5ccccc5n4c13)c1ccccc1-c1cccc[n+]12. The maximum Gasteiger partial charge on any atom is 0.213 e. The predicted molar refractivity (Wildman–Crippen MR) is 197 cm³/mol. The third-order valence-electron chi connectivity index (χ3n) is 11.3. The lowest BCUT2D eigenvalue weighted by Crippen LogP contribution is -2.47. The van der Waals surface area contributed by atoms with Gasteiger partial charge >= 0.3 is 0 Å². The Morgan fingerprint density at radius 1 is 0.729 bits per heavy atom. The molecule has 0 spiro atoms. The molecule has 11 rings (SSSR count). The van der Waals surface area contributed by atoms with Crippen molar-refractivity contribution in [2.45, 2.75) is 31.2 Å². The van der Waals surface area contributed by atoms with Gasteiger partial charge in [-0.2, -0.15) is 4.57 Å². The van der Waals surface area contributed by atoms with Gasteiger partial charge in [0.05, 0.1) is 22.3 Å². The van der Waals surface area contributed by atoms with Crippen LogP contribution in [-0.2, 0) is 6.42 Å². The molecular weight excluding hydrogens is 587 g/mol. The molecule has 0 radical (unpaired) electrons. The average molecular weight is 619 g/mol. The molecule has 2 aliphatic heterocycles. The molecule has 0 amide bonds. The topological polar surface area (TPSA) is 33.8 Å². The molecule has 6 heterocycles. The molecule has 5 aromatic carbocycles. The van der Waals surface area contributed by atoms with Crippen molar-refractivity contribution in [3.05, 3.63) is 145 Å². The molecule has 0 saturated heterocycles. The largest absolute Gasteiger partial charge is 0.456 e. The molecule has 4 nitrogen and oxygen atoms in total. The van der Waals surface area contributed by atoms with E-state index in [1.54, 1.807) is 0 Å². The number of aromatic nitrogens is 2. The summed E-state index contributed by atoms with van der Waals surface area (Å²) in [5.74, 6) is 0.402. The highest BCUT2D eigenvalue weighted by Gasteiger charge is 2.39. The van der Waals surface area contributed by atoms with Crippen LogP contribution in [0.2, 0.25) is 0 Å². The first-order valence-corrected chi connectivity index (χ1v) is 17.1. The summed E-state index contributed by atoms with van der Waals surface area (Å²) in [4.78, 5) is 5.26. The zero-order valence-corrected chi connectivity index (χ0v) is 26.5. The van der Waals surface area contributed by atoms with Crippen LogP contribution in [0.15, 0.2) is 137 Å². The number of nitrogens with zero attached hydrogens (tertiary/aromatic N) is 3. The fourth-order valence-electron chi connectivity index (χ4n) is 9.31. The molecular formula is C44H32N3O+. The van der Waals surface area contributed by atoms with Crippen LogP contribution in [0.1, 0.15) is 41.5 Å². The second kappa shape index (κ2) is 9.65. The minimum Gasteiger partial charge on any atom is -0.456 e. The Hall–Kier alpha value is -5.74. The van der Waals surface area contributed by atoms with E-state index in [2.05, 4.69) is 131 Å². The summed E-state index contributed by atoms with van der Waals surface area (Å²) in [5, 5.41) is 7.36. The predicted octanol–water partition coefficient (Wildman–Crippen LogP) is 10.3. The van der Waals surface area contributed by atoms with Gasteiger partial charge in [-0.25, -0.2) is 0 Å². The first-order valence-electron chi connectivity index (χ1n) is 17.1. The van der Waals surface area contributed by atoms with Crippen molar-refractivity contribution in [1.82, 2.24) is 4.40 Å². The summed E-state index contributed by atoms with van der Waals surface area (Å²) in [6.45, 7) is 5.02. The van der Waals surface area contributed by atoms with Crippen LogP contribution in [0.3, 0.4) is 0 Å². The van der Waals surface area contributed by atoms with Crippen LogP contribution >= 0.6 is 0 Å². The monoisotopic (exact) mass is 618 g/mol. The molecule has 0 aliphatic carbocycles. The van der Waals surface area contributed by atoms with E-state index in [9.17, 15) is 0 Å². The van der Waals surface area contributed by atoms with Gasteiger partial charge in [0.15, 0.2) is 12.2 Å². The van der Waals surface area contributed by atoms with E-state index in [0.29, 0.717) is 12.0 Å². The standard InChI is InChI=1S/C44H32N3O/c1-2-35-32-24-33-34-25-41-42(31-14-6-8-17-40(31)48-41)43-30-13-5-7-16-38(30)47(44(34)43)39(33)23-26(32)18-19-29-27-11-3-4-12-28(27)36-15-9-10-22-46(36)37(29)20-21-45-35/h2-17,22-25,29,37H,1,18-21H2/q+1/b45-35-. The van der Waals surface area contributed by atoms with Crippen molar-refractivity contribution < 1.29 is 8.98 Å². The second-order valence-electron chi connectivity index (χ2n) is 13.6. The fraction of sp³-hybridized carbons (Fsp3) is 0.136. The minimum atomic E-state index is 0.351. The smallest absolute Gasteiger partial charge is 0.213 e. The molecule has 2 atom stereocenters. The van der Waals surface area contributed by atoms with E-state index >= 15 is 0 Å². The molecule has 4 aromatic heterocycles. The highest BCUT2D eigenvalue weighted by atomic mass is 16.3. The number of aryl methyl sites for hydroxylation is 1. The van der Waals surface area contributed by atoms with Crippen molar-refractivity contribution in [2.75, 3.05) is 6.54 Å². The van der Waals surface area contributed by atoms with Crippen molar-refractivity contribution in [1.29, 1.82) is 0 Å². The van der Waals surface area contributed by atoms with E-state index in [-0.39, 0.29) is 0 Å². The molecule has 48 heavy (non-hydrogen) atoms. The molecule has 0 saturated carbocycles. The minimum absolute atomic E-state index is 0.351. The number of furan rings is 1. The number of hydrogen-bond donors (Lipinski definition) is 0. The van der Waals surface area contributed by atoms with Crippen LogP contribution in [0.25, 0.3) is 71.3 Å². The maximum absolute atomic E-state index is 6.53. The van der Waals surface area contributed by atoms with E-state index in [1.165, 1.54) is 76.8 Å². The lowest BCUT2D eigenvalue weighted by molar-refractivity contribution is -0.718. The first kappa shape index (κ1) is 26.3. The Kier molecular flexibility index (Phi) is 5.29. The number of aliphatic imine (C=N–C) groups is 1. The van der Waals surface area contributed by atoms with Crippen LogP contribution in [0, 0.1) is 0 Å². The third-order valence-corrected chi connectivity index (χ3v) is 11.3. The van der Waals surface area contributed by atoms with Gasteiger partial charge in [0.2, 0.25) is 5.69 Å². The van der Waals surface area contributed by atoms with Crippen LogP contribution in [0.5, 0.6) is 0 Å². The Balaban J connectivity index is 1.18. The highest BCUT2D eigenvalue weighted by molar-refractivity contribution is 6.35. The number of benzene rings is 5. The Morgan fingerprint density at radius 2 is 1.56 bits per heavy atom. The summed E-state index contributed by atoms with van der Waals surface area (Å²) in [6, 6.07) is 40.4. The Labute approximate surface area is 277 Å². The molecule has 2 unspecified atom stereocenters. The zero-order chi connectivity index (χ0) is 31.5. The second-order valence-corrected chi connectivity index (χ2v) is 13.6. The molecule has 4 heteroatoms. The number of allylic oxidation sites excluding steroid dienone is 1. The van der Waals surface area contributed by atoms with Crippen LogP contribution in [0.4, 0.5) is 0 Å². The zero-order valence-electron chi connectivity index (χ0n) is 26.5. The lowest BCUT2D eigenvalue weighted by atomic mass is 9.78. The molecule has 228 valence electrons. The summed E-state index contributed by atoms with van der Waals surface area (Å²) >= 11 is 0. The van der Waals surface area contributed by atoms with Crippen molar-refractivity contribution in [3.8, 4) is 11.3 Å². The van der Waals surface area contributed by atoms with Crippen LogP contribution in [-0.4, -0.2) is 16.7 Å². The van der Waals surface area contributed by atoms with Crippen molar-refractivity contribution in [3.63, 3.8) is 0 Å². The number of pyridine rings is 1. The van der Waals surface area contributed by atoms with Gasteiger partial charge in [-0.3, -0.25) is 4.99 Å². The van der Waals surface area contributed by atoms with Gasteiger partial charge < -0.3 is 8.82 Å². The highest BCUT2D eigenvalue weighted by Crippen LogP contribution is 2.47. The summed E-state index contributed by atoms with van der Waals surface area (Å²) in [5.41, 5.74) is 13.3. The molecule has 9 aromatic rings. The van der Waals surface area contributed by atoms with E-state index < -0.39 is 0 Å². The van der Waals surface area contributed by atoms with Gasteiger partial charge in [0.1, 0.15) is 11.2 Å².